The molecule has 0 spiro atoms. The van der Waals surface area contributed by atoms with E-state index in [9.17, 15) is 13.2 Å². The summed E-state index contributed by atoms with van der Waals surface area (Å²) in [4.78, 5) is 15.5. The normalized spacial score (nSPS) is 11.0. The summed E-state index contributed by atoms with van der Waals surface area (Å²) in [6, 6.07) is 18.1. The third-order valence-corrected chi connectivity index (χ3v) is 4.88. The Labute approximate surface area is 151 Å². The second-order valence-corrected chi connectivity index (χ2v) is 7.17. The number of ether oxygens (including phenoxy) is 1. The lowest BCUT2D eigenvalue weighted by Gasteiger charge is -2.09. The summed E-state index contributed by atoms with van der Waals surface area (Å²) in [7, 11) is -3.82. The topological polar surface area (TPSA) is 85.4 Å². The standard InChI is InChI=1S/C19H16N2O4S/c1-14(22)15-6-5-9-18(12-15)26(23,24)21-16-10-11-19(20-13-16)25-17-7-3-2-4-8-17/h2-13,21H,1H3. The lowest BCUT2D eigenvalue weighted by atomic mass is 10.2. The van der Waals surface area contributed by atoms with Gasteiger partial charge in [-0.3, -0.25) is 9.52 Å². The van der Waals surface area contributed by atoms with Gasteiger partial charge in [0.2, 0.25) is 5.88 Å². The molecule has 132 valence electrons. The van der Waals surface area contributed by atoms with E-state index in [1.165, 1.54) is 31.3 Å². The molecule has 2 aromatic carbocycles. The van der Waals surface area contributed by atoms with Gasteiger partial charge in [-0.1, -0.05) is 30.3 Å². The highest BCUT2D eigenvalue weighted by molar-refractivity contribution is 7.92. The Morgan fingerprint density at radius 2 is 1.77 bits per heavy atom. The first-order chi connectivity index (χ1) is 12.4. The fourth-order valence-corrected chi connectivity index (χ4v) is 3.30. The number of pyridine rings is 1. The molecule has 0 saturated carbocycles. The van der Waals surface area contributed by atoms with Crippen molar-refractivity contribution in [2.45, 2.75) is 11.8 Å². The highest BCUT2D eigenvalue weighted by Crippen LogP contribution is 2.22. The van der Waals surface area contributed by atoms with Crippen LogP contribution in [0, 0.1) is 0 Å². The maximum absolute atomic E-state index is 12.5. The predicted octanol–water partition coefficient (Wildman–Crippen LogP) is 3.88. The Balaban J connectivity index is 1.76. The van der Waals surface area contributed by atoms with Crippen LogP contribution < -0.4 is 9.46 Å². The molecule has 1 N–H and O–H groups in total. The highest BCUT2D eigenvalue weighted by Gasteiger charge is 2.16. The number of hydrogen-bond donors (Lipinski definition) is 1. The highest BCUT2D eigenvalue weighted by atomic mass is 32.2. The molecule has 7 heteroatoms. The van der Waals surface area contributed by atoms with Crippen molar-refractivity contribution in [3.05, 3.63) is 78.5 Å². The van der Waals surface area contributed by atoms with Crippen molar-refractivity contribution >= 4 is 21.5 Å². The first-order valence-electron chi connectivity index (χ1n) is 7.77. The molecule has 0 unspecified atom stereocenters. The van der Waals surface area contributed by atoms with Crippen molar-refractivity contribution in [3.8, 4) is 11.6 Å². The van der Waals surface area contributed by atoms with Crippen LogP contribution in [0.15, 0.2) is 77.8 Å². The summed E-state index contributed by atoms with van der Waals surface area (Å²) in [6.45, 7) is 1.38. The van der Waals surface area contributed by atoms with E-state index in [2.05, 4.69) is 9.71 Å². The molecule has 0 saturated heterocycles. The van der Waals surface area contributed by atoms with Crippen LogP contribution >= 0.6 is 0 Å². The number of Topliss-reactive ketones (excluding diaryl/α,β-unsaturated/α-hetero) is 1. The number of carbonyl (C=O) groups excluding carboxylic acids is 1. The maximum Gasteiger partial charge on any atom is 0.261 e. The van der Waals surface area contributed by atoms with Gasteiger partial charge in [0.15, 0.2) is 5.78 Å². The van der Waals surface area contributed by atoms with E-state index in [4.69, 9.17) is 4.74 Å². The van der Waals surface area contributed by atoms with Crippen molar-refractivity contribution in [1.82, 2.24) is 4.98 Å². The van der Waals surface area contributed by atoms with Gasteiger partial charge >= 0.3 is 0 Å². The van der Waals surface area contributed by atoms with Gasteiger partial charge in [0.05, 0.1) is 16.8 Å². The Hall–Kier alpha value is -3.19. The van der Waals surface area contributed by atoms with Gasteiger partial charge in [-0.15, -0.1) is 0 Å². The number of para-hydroxylation sites is 1. The fourth-order valence-electron chi connectivity index (χ4n) is 2.21. The number of nitrogens with zero attached hydrogens (tertiary/aromatic N) is 1. The number of anilines is 1. The van der Waals surface area contributed by atoms with Gasteiger partial charge in [0.1, 0.15) is 5.75 Å². The quantitative estimate of drug-likeness (QED) is 0.668. The summed E-state index contributed by atoms with van der Waals surface area (Å²) in [6.07, 6.45) is 1.37. The average Bonchev–Trinajstić information content (AvgIpc) is 2.64. The number of benzene rings is 2. The van der Waals surface area contributed by atoms with Gasteiger partial charge in [-0.05, 0) is 37.3 Å². The molecule has 0 atom stereocenters. The Kier molecular flexibility index (Phi) is 4.99. The lowest BCUT2D eigenvalue weighted by Crippen LogP contribution is -2.13. The Morgan fingerprint density at radius 3 is 2.42 bits per heavy atom. The van der Waals surface area contributed by atoms with Crippen LogP contribution in [0.4, 0.5) is 5.69 Å². The van der Waals surface area contributed by atoms with E-state index in [1.54, 1.807) is 30.3 Å². The van der Waals surface area contributed by atoms with Crippen molar-refractivity contribution in [2.24, 2.45) is 0 Å². The molecular formula is C19H16N2O4S. The zero-order valence-electron chi connectivity index (χ0n) is 13.9. The molecule has 3 rings (SSSR count). The summed E-state index contributed by atoms with van der Waals surface area (Å²) in [5, 5.41) is 0. The molecule has 0 radical (unpaired) electrons. The number of carbonyl (C=O) groups is 1. The fraction of sp³-hybridized carbons (Fsp3) is 0.0526. The van der Waals surface area contributed by atoms with Crippen molar-refractivity contribution in [1.29, 1.82) is 0 Å². The van der Waals surface area contributed by atoms with Gasteiger partial charge < -0.3 is 4.74 Å². The first kappa shape index (κ1) is 17.6. The van der Waals surface area contributed by atoms with Crippen LogP contribution in [0.5, 0.6) is 11.6 Å². The molecule has 0 aliphatic carbocycles. The molecule has 26 heavy (non-hydrogen) atoms. The molecule has 6 nitrogen and oxygen atoms in total. The van der Waals surface area contributed by atoms with Crippen molar-refractivity contribution in [3.63, 3.8) is 0 Å². The zero-order chi connectivity index (χ0) is 18.6. The van der Waals surface area contributed by atoms with Crippen LogP contribution in [0.1, 0.15) is 17.3 Å². The van der Waals surface area contributed by atoms with Crippen LogP contribution in [-0.2, 0) is 10.0 Å². The van der Waals surface area contributed by atoms with E-state index >= 15 is 0 Å². The van der Waals surface area contributed by atoms with E-state index in [1.807, 2.05) is 18.2 Å². The van der Waals surface area contributed by atoms with Crippen LogP contribution in [0.2, 0.25) is 0 Å². The predicted molar refractivity (Wildman–Crippen MR) is 98.0 cm³/mol. The molecule has 3 aromatic rings. The molecule has 0 bridgehead atoms. The minimum Gasteiger partial charge on any atom is -0.439 e. The molecular weight excluding hydrogens is 352 g/mol. The van der Waals surface area contributed by atoms with E-state index < -0.39 is 10.0 Å². The van der Waals surface area contributed by atoms with Gasteiger partial charge in [-0.2, -0.15) is 0 Å². The number of hydrogen-bond acceptors (Lipinski definition) is 5. The van der Waals surface area contributed by atoms with Crippen molar-refractivity contribution in [2.75, 3.05) is 4.72 Å². The second kappa shape index (κ2) is 7.37. The molecule has 0 fully saturated rings. The monoisotopic (exact) mass is 368 g/mol. The number of ketones is 1. The Bertz CT molecular complexity index is 1020. The summed E-state index contributed by atoms with van der Waals surface area (Å²) >= 11 is 0. The largest absolute Gasteiger partial charge is 0.439 e. The lowest BCUT2D eigenvalue weighted by molar-refractivity contribution is 0.101. The van der Waals surface area contributed by atoms with Crippen LogP contribution in [-0.4, -0.2) is 19.2 Å². The van der Waals surface area contributed by atoms with E-state index in [0.29, 0.717) is 22.9 Å². The number of aromatic nitrogens is 1. The minimum atomic E-state index is -3.82. The van der Waals surface area contributed by atoms with Gasteiger partial charge in [0.25, 0.3) is 10.0 Å². The minimum absolute atomic E-state index is 0.00909. The molecule has 0 amide bonds. The van der Waals surface area contributed by atoms with Crippen molar-refractivity contribution < 1.29 is 17.9 Å². The molecule has 0 aliphatic heterocycles. The maximum atomic E-state index is 12.5. The average molecular weight is 368 g/mol. The van der Waals surface area contributed by atoms with Gasteiger partial charge in [0, 0.05) is 11.6 Å². The van der Waals surface area contributed by atoms with Gasteiger partial charge in [-0.25, -0.2) is 13.4 Å². The third-order valence-electron chi connectivity index (χ3n) is 3.51. The van der Waals surface area contributed by atoms with E-state index in [0.717, 1.165) is 0 Å². The molecule has 1 aromatic heterocycles. The Morgan fingerprint density at radius 1 is 1.00 bits per heavy atom. The van der Waals surface area contributed by atoms with Crippen LogP contribution in [0.25, 0.3) is 0 Å². The smallest absolute Gasteiger partial charge is 0.261 e. The number of rotatable bonds is 6. The second-order valence-electron chi connectivity index (χ2n) is 5.49. The summed E-state index contributed by atoms with van der Waals surface area (Å²) in [5.74, 6) is 0.776. The molecule has 1 heterocycles. The van der Waals surface area contributed by atoms with Crippen LogP contribution in [0.3, 0.4) is 0 Å². The number of sulfonamides is 1. The third kappa shape index (κ3) is 4.25. The molecule has 0 aliphatic rings. The zero-order valence-corrected chi connectivity index (χ0v) is 14.7. The summed E-state index contributed by atoms with van der Waals surface area (Å²) < 4.78 is 32.9. The SMILES string of the molecule is CC(=O)c1cccc(S(=O)(=O)Nc2ccc(Oc3ccccc3)nc2)c1. The van der Waals surface area contributed by atoms with E-state index in [-0.39, 0.29) is 10.7 Å². The first-order valence-corrected chi connectivity index (χ1v) is 9.25. The summed E-state index contributed by atoms with van der Waals surface area (Å²) in [5.41, 5.74) is 0.622. The number of nitrogens with one attached hydrogen (secondary N) is 1.